The highest BCUT2D eigenvalue weighted by molar-refractivity contribution is 5.92. The van der Waals surface area contributed by atoms with Gasteiger partial charge in [0.2, 0.25) is 0 Å². The lowest BCUT2D eigenvalue weighted by molar-refractivity contribution is -0.137. The Hall–Kier alpha value is -3.61. The van der Waals surface area contributed by atoms with E-state index in [1.54, 1.807) is 12.1 Å². The van der Waals surface area contributed by atoms with Crippen molar-refractivity contribution in [2.45, 2.75) is 65.5 Å². The summed E-state index contributed by atoms with van der Waals surface area (Å²) in [6, 6.07) is 12.0. The van der Waals surface area contributed by atoms with Gasteiger partial charge in [-0.15, -0.1) is 0 Å². The lowest BCUT2D eigenvalue weighted by Crippen LogP contribution is -2.47. The van der Waals surface area contributed by atoms with Gasteiger partial charge in [0.1, 0.15) is 24.0 Å². The molecule has 2 aromatic carbocycles. The second-order valence-electron chi connectivity index (χ2n) is 9.18. The topological polar surface area (TPSA) is 94.8 Å². The lowest BCUT2D eigenvalue weighted by atomic mass is 9.90. The quantitative estimate of drug-likeness (QED) is 0.285. The number of hydrogen-bond acceptors (Lipinski definition) is 6. The monoisotopic (exact) mass is 477 g/mol. The maximum Gasteiger partial charge on any atom is 0.408 e. The highest BCUT2D eigenvalue weighted by atomic mass is 16.6. The first-order chi connectivity index (χ1) is 16.9. The van der Waals surface area contributed by atoms with E-state index in [9.17, 15) is 14.4 Å². The van der Waals surface area contributed by atoms with Gasteiger partial charge in [0.05, 0.1) is 5.39 Å². The molecule has 0 bridgehead atoms. The van der Waals surface area contributed by atoms with Crippen molar-refractivity contribution in [2.24, 2.45) is 5.92 Å². The van der Waals surface area contributed by atoms with Crippen LogP contribution in [0.25, 0.3) is 11.0 Å². The summed E-state index contributed by atoms with van der Waals surface area (Å²) in [6.07, 6.45) is 3.22. The molecule has 35 heavy (non-hydrogen) atoms. The molecule has 184 valence electrons. The summed E-state index contributed by atoms with van der Waals surface area (Å²) in [7, 11) is 0. The van der Waals surface area contributed by atoms with E-state index >= 15 is 0 Å². The molecular weight excluding hydrogens is 446 g/mol. The van der Waals surface area contributed by atoms with Crippen molar-refractivity contribution < 1.29 is 23.5 Å². The zero-order valence-corrected chi connectivity index (χ0v) is 20.4. The van der Waals surface area contributed by atoms with Crippen LogP contribution in [0.15, 0.2) is 51.7 Å². The summed E-state index contributed by atoms with van der Waals surface area (Å²) in [5, 5.41) is 3.34. The van der Waals surface area contributed by atoms with Gasteiger partial charge in [-0.3, -0.25) is 0 Å². The fourth-order valence-corrected chi connectivity index (χ4v) is 4.48. The van der Waals surface area contributed by atoms with E-state index in [4.69, 9.17) is 13.9 Å². The number of benzene rings is 2. The standard InChI is InChI=1S/C28H31NO6/c1-4-18(3)25(29-28(32)33-16-19-10-6-5-7-11-19)27(31)35-23-15-17(2)14-22-24(23)20-12-8-9-13-21(20)26(30)34-22/h5-7,10-11,14-15,18,25H,4,8-9,12-13,16H2,1-3H3,(H,29,32). The third-order valence-corrected chi connectivity index (χ3v) is 6.59. The Morgan fingerprint density at radius 2 is 1.80 bits per heavy atom. The summed E-state index contributed by atoms with van der Waals surface area (Å²) in [5.74, 6) is -0.423. The number of alkyl carbamates (subject to hydrolysis) is 1. The number of fused-ring (bicyclic) bond motifs is 3. The molecule has 7 nitrogen and oxygen atoms in total. The van der Waals surface area contributed by atoms with Crippen molar-refractivity contribution >= 4 is 23.0 Å². The summed E-state index contributed by atoms with van der Waals surface area (Å²) < 4.78 is 16.8. The van der Waals surface area contributed by atoms with Crippen LogP contribution < -0.4 is 15.7 Å². The van der Waals surface area contributed by atoms with Crippen molar-refractivity contribution in [3.63, 3.8) is 0 Å². The van der Waals surface area contributed by atoms with Crippen LogP contribution in [0.5, 0.6) is 5.75 Å². The summed E-state index contributed by atoms with van der Waals surface area (Å²) in [5.41, 5.74) is 3.29. The van der Waals surface area contributed by atoms with E-state index in [0.29, 0.717) is 35.1 Å². The van der Waals surface area contributed by atoms with Gasteiger partial charge in [-0.25, -0.2) is 14.4 Å². The molecule has 0 fully saturated rings. The van der Waals surface area contributed by atoms with Gasteiger partial charge in [0.15, 0.2) is 0 Å². The number of esters is 1. The second kappa shape index (κ2) is 10.8. The summed E-state index contributed by atoms with van der Waals surface area (Å²) in [4.78, 5) is 38.3. The highest BCUT2D eigenvalue weighted by Crippen LogP contribution is 2.35. The molecule has 0 radical (unpaired) electrons. The van der Waals surface area contributed by atoms with Crippen molar-refractivity contribution in [1.82, 2.24) is 5.32 Å². The summed E-state index contributed by atoms with van der Waals surface area (Å²) in [6.45, 7) is 5.76. The molecule has 4 rings (SSSR count). The fraction of sp³-hybridized carbons (Fsp3) is 0.393. The first-order valence-electron chi connectivity index (χ1n) is 12.2. The van der Waals surface area contributed by atoms with Crippen LogP contribution in [0, 0.1) is 12.8 Å². The van der Waals surface area contributed by atoms with Crippen LogP contribution in [-0.4, -0.2) is 18.1 Å². The number of nitrogens with one attached hydrogen (secondary N) is 1. The minimum atomic E-state index is -0.898. The predicted molar refractivity (Wildman–Crippen MR) is 133 cm³/mol. The van der Waals surface area contributed by atoms with E-state index < -0.39 is 18.1 Å². The Bertz CT molecular complexity index is 1280. The highest BCUT2D eigenvalue weighted by Gasteiger charge is 2.30. The van der Waals surface area contributed by atoms with Crippen LogP contribution in [0.3, 0.4) is 0 Å². The molecule has 0 spiro atoms. The third-order valence-electron chi connectivity index (χ3n) is 6.59. The predicted octanol–water partition coefficient (Wildman–Crippen LogP) is 5.23. The Balaban J connectivity index is 1.58. The molecule has 1 aromatic heterocycles. The molecule has 0 saturated carbocycles. The SMILES string of the molecule is CCC(C)C(NC(=O)OCc1ccccc1)C(=O)Oc1cc(C)cc2oc(=O)c3c(c12)CCCC3. The number of aryl methyl sites for hydroxylation is 2. The van der Waals surface area contributed by atoms with Crippen LogP contribution in [0.4, 0.5) is 4.79 Å². The number of ether oxygens (including phenoxy) is 2. The fourth-order valence-electron chi connectivity index (χ4n) is 4.48. The maximum atomic E-state index is 13.3. The molecule has 1 aliphatic rings. The zero-order chi connectivity index (χ0) is 24.9. The second-order valence-corrected chi connectivity index (χ2v) is 9.18. The van der Waals surface area contributed by atoms with Crippen molar-refractivity contribution in [1.29, 1.82) is 0 Å². The van der Waals surface area contributed by atoms with Gasteiger partial charge >= 0.3 is 17.7 Å². The van der Waals surface area contributed by atoms with Gasteiger partial charge in [0.25, 0.3) is 0 Å². The first kappa shape index (κ1) is 24.5. The van der Waals surface area contributed by atoms with Crippen molar-refractivity contribution in [3.8, 4) is 5.75 Å². The average molecular weight is 478 g/mol. The van der Waals surface area contributed by atoms with E-state index in [1.807, 2.05) is 51.1 Å². The van der Waals surface area contributed by atoms with Crippen LogP contribution in [0.1, 0.15) is 55.4 Å². The molecule has 1 aliphatic carbocycles. The van der Waals surface area contributed by atoms with Gasteiger partial charge in [-0.1, -0.05) is 50.6 Å². The first-order valence-corrected chi connectivity index (χ1v) is 12.2. The largest absolute Gasteiger partial charge is 0.445 e. The number of hydrogen-bond donors (Lipinski definition) is 1. The number of amides is 1. The van der Waals surface area contributed by atoms with Gasteiger partial charge < -0.3 is 19.2 Å². The molecule has 1 N–H and O–H groups in total. The molecular formula is C28H31NO6. The molecule has 3 aromatic rings. The molecule has 2 atom stereocenters. The Kier molecular flexibility index (Phi) is 7.54. The van der Waals surface area contributed by atoms with Gasteiger partial charge in [0, 0.05) is 5.56 Å². The average Bonchev–Trinajstić information content (AvgIpc) is 2.86. The molecule has 1 heterocycles. The minimum Gasteiger partial charge on any atom is -0.445 e. The lowest BCUT2D eigenvalue weighted by Gasteiger charge is -2.23. The zero-order valence-electron chi connectivity index (χ0n) is 20.4. The molecule has 0 saturated heterocycles. The third kappa shape index (κ3) is 5.56. The summed E-state index contributed by atoms with van der Waals surface area (Å²) >= 11 is 0. The maximum absolute atomic E-state index is 13.3. The van der Waals surface area contributed by atoms with Gasteiger partial charge in [-0.2, -0.15) is 0 Å². The van der Waals surface area contributed by atoms with Crippen molar-refractivity contribution in [3.05, 3.63) is 75.1 Å². The minimum absolute atomic E-state index is 0.0998. The normalized spacial score (nSPS) is 14.6. The van der Waals surface area contributed by atoms with Crippen LogP contribution >= 0.6 is 0 Å². The van der Waals surface area contributed by atoms with Crippen LogP contribution in [0.2, 0.25) is 0 Å². The van der Waals surface area contributed by atoms with Crippen molar-refractivity contribution in [2.75, 3.05) is 0 Å². The Morgan fingerprint density at radius 1 is 1.09 bits per heavy atom. The van der Waals surface area contributed by atoms with Gasteiger partial charge in [-0.05, 0) is 67.3 Å². The molecule has 2 unspecified atom stereocenters. The Morgan fingerprint density at radius 3 is 2.51 bits per heavy atom. The number of carbonyl (C=O) groups is 2. The van der Waals surface area contributed by atoms with E-state index in [0.717, 1.165) is 36.0 Å². The van der Waals surface area contributed by atoms with Crippen LogP contribution in [-0.2, 0) is 29.0 Å². The van der Waals surface area contributed by atoms with E-state index in [-0.39, 0.29) is 18.2 Å². The smallest absolute Gasteiger partial charge is 0.408 e. The Labute approximate surface area is 204 Å². The molecule has 0 aliphatic heterocycles. The van der Waals surface area contributed by atoms with E-state index in [1.165, 1.54) is 0 Å². The molecule has 1 amide bonds. The number of carbonyl (C=O) groups excluding carboxylic acids is 2. The van der Waals surface area contributed by atoms with E-state index in [2.05, 4.69) is 5.32 Å². The molecule has 7 heteroatoms. The number of rotatable bonds is 7.